The Kier molecular flexibility index (Phi) is 5.04. The smallest absolute Gasteiger partial charge is 0.239 e. The highest BCUT2D eigenvalue weighted by molar-refractivity contribution is 9.10. The van der Waals surface area contributed by atoms with E-state index in [0.29, 0.717) is 5.69 Å². The molecule has 0 spiro atoms. The van der Waals surface area contributed by atoms with Crippen LogP contribution >= 0.6 is 15.9 Å². The van der Waals surface area contributed by atoms with E-state index < -0.39 is 17.3 Å². The molecular formula is C35H23BrN2O2. The fraction of sp³-hybridized carbons (Fsp3) is 0.114. The first-order chi connectivity index (χ1) is 19.6. The van der Waals surface area contributed by atoms with Crippen LogP contribution in [-0.4, -0.2) is 18.0 Å². The summed E-state index contributed by atoms with van der Waals surface area (Å²) in [5.41, 5.74) is 4.67. The number of amides is 2. The van der Waals surface area contributed by atoms with Crippen molar-refractivity contribution in [2.75, 3.05) is 4.90 Å². The summed E-state index contributed by atoms with van der Waals surface area (Å²) < 4.78 is 0.929. The van der Waals surface area contributed by atoms with Crippen molar-refractivity contribution in [3.05, 3.63) is 142 Å². The normalized spacial score (nSPS) is 24.4. The summed E-state index contributed by atoms with van der Waals surface area (Å²) in [6.07, 6.45) is 1.93. The van der Waals surface area contributed by atoms with E-state index in [1.807, 2.05) is 85.1 Å². The van der Waals surface area contributed by atoms with Crippen LogP contribution in [0.4, 0.5) is 11.4 Å². The van der Waals surface area contributed by atoms with Crippen molar-refractivity contribution in [1.82, 2.24) is 0 Å². The van der Waals surface area contributed by atoms with Gasteiger partial charge in [0.25, 0.3) is 0 Å². The minimum Gasteiger partial charge on any atom is -0.274 e. The van der Waals surface area contributed by atoms with Gasteiger partial charge in [-0.3, -0.25) is 14.6 Å². The Morgan fingerprint density at radius 3 is 2.38 bits per heavy atom. The maximum atomic E-state index is 14.8. The van der Waals surface area contributed by atoms with Crippen LogP contribution in [-0.2, 0) is 15.0 Å². The fourth-order valence-corrected chi connectivity index (χ4v) is 7.69. The van der Waals surface area contributed by atoms with E-state index in [0.717, 1.165) is 43.2 Å². The molecule has 11 rings (SSSR count). The van der Waals surface area contributed by atoms with Crippen molar-refractivity contribution in [3.63, 3.8) is 0 Å². The number of anilines is 1. The lowest BCUT2D eigenvalue weighted by Crippen LogP contribution is -2.51. The molecule has 4 bridgehead atoms. The molecule has 4 atom stereocenters. The summed E-state index contributed by atoms with van der Waals surface area (Å²) in [7, 11) is 0. The van der Waals surface area contributed by atoms with Crippen LogP contribution in [0.1, 0.15) is 28.2 Å². The molecule has 1 heterocycles. The molecule has 40 heavy (non-hydrogen) atoms. The number of hydrogen-bond acceptors (Lipinski definition) is 3. The second-order valence-electron chi connectivity index (χ2n) is 10.8. The molecule has 2 amide bonds. The van der Waals surface area contributed by atoms with Gasteiger partial charge in [-0.05, 0) is 51.9 Å². The van der Waals surface area contributed by atoms with Crippen LogP contribution in [0.2, 0.25) is 0 Å². The second kappa shape index (κ2) is 8.57. The Labute approximate surface area is 240 Å². The van der Waals surface area contributed by atoms with E-state index in [-0.39, 0.29) is 17.7 Å². The van der Waals surface area contributed by atoms with Crippen molar-refractivity contribution >= 4 is 56.1 Å². The molecule has 192 valence electrons. The van der Waals surface area contributed by atoms with E-state index in [9.17, 15) is 9.59 Å². The van der Waals surface area contributed by atoms with Crippen LogP contribution in [0, 0.1) is 11.8 Å². The third kappa shape index (κ3) is 3.10. The van der Waals surface area contributed by atoms with Crippen LogP contribution in [0.15, 0.2) is 125 Å². The standard InChI is InChI=1S/C35H23BrN2O2/c36-24-9-6-10-25(19-24)37-20-35-23-17-15-22(16-18-23)30(27-12-3-4-13-28(27)35)31-32(35)34(40)38(33(31)39)29-14-5-8-21-7-1-2-11-26(21)29/h1-20,30-32H/t30-,31-,32+,35-/m0/s1. The number of nitrogens with zero attached hydrogens (tertiary/aromatic N) is 2. The average molecular weight is 583 g/mol. The topological polar surface area (TPSA) is 49.7 Å². The molecule has 1 fully saturated rings. The Morgan fingerprint density at radius 1 is 0.775 bits per heavy atom. The maximum Gasteiger partial charge on any atom is 0.239 e. The number of carbonyl (C=O) groups excluding carboxylic acids is 2. The molecule has 0 aromatic heterocycles. The van der Waals surface area contributed by atoms with E-state index >= 15 is 0 Å². The number of carbonyl (C=O) groups is 2. The Balaban J connectivity index is 1.41. The molecule has 5 heteroatoms. The highest BCUT2D eigenvalue weighted by Crippen LogP contribution is 2.60. The molecule has 5 aromatic rings. The van der Waals surface area contributed by atoms with Crippen molar-refractivity contribution in [2.24, 2.45) is 16.8 Å². The molecule has 5 aromatic carbocycles. The first-order valence-electron chi connectivity index (χ1n) is 13.4. The molecular weight excluding hydrogens is 560 g/mol. The predicted octanol–water partition coefficient (Wildman–Crippen LogP) is 7.56. The number of aliphatic imine (C=N–C) groups is 1. The molecule has 5 aliphatic carbocycles. The van der Waals surface area contributed by atoms with Gasteiger partial charge in [0.15, 0.2) is 0 Å². The summed E-state index contributed by atoms with van der Waals surface area (Å²) in [5.74, 6) is -1.72. The molecule has 1 aliphatic heterocycles. The second-order valence-corrected chi connectivity index (χ2v) is 11.7. The summed E-state index contributed by atoms with van der Waals surface area (Å²) in [6.45, 7) is 0. The fourth-order valence-electron chi connectivity index (χ4n) is 7.30. The quantitative estimate of drug-likeness (QED) is 0.163. The number of halogens is 1. The van der Waals surface area contributed by atoms with Crippen LogP contribution in [0.25, 0.3) is 10.8 Å². The van der Waals surface area contributed by atoms with Gasteiger partial charge in [0.2, 0.25) is 11.8 Å². The van der Waals surface area contributed by atoms with Crippen LogP contribution in [0.3, 0.4) is 0 Å². The summed E-state index contributed by atoms with van der Waals surface area (Å²) in [6, 6.07) is 38.3. The SMILES string of the molecule is O=C1[C@H]2[C@H]3c4ccc(cc4)[C@@](C=Nc4cccc(Br)c4)(c4ccccc43)[C@H]2C(=O)N1c1cccc2ccccc12. The summed E-state index contributed by atoms with van der Waals surface area (Å²) in [4.78, 5) is 35.8. The number of fused-ring (bicyclic) bond motifs is 1. The minimum absolute atomic E-state index is 0.145. The summed E-state index contributed by atoms with van der Waals surface area (Å²) in [5, 5.41) is 1.89. The highest BCUT2D eigenvalue weighted by Gasteiger charge is 2.65. The van der Waals surface area contributed by atoms with Crippen molar-refractivity contribution in [2.45, 2.75) is 11.3 Å². The first-order valence-corrected chi connectivity index (χ1v) is 14.2. The van der Waals surface area contributed by atoms with Gasteiger partial charge in [-0.25, -0.2) is 4.90 Å². The number of hydrogen-bond donors (Lipinski definition) is 0. The predicted molar refractivity (Wildman–Crippen MR) is 161 cm³/mol. The van der Waals surface area contributed by atoms with Crippen LogP contribution in [0.5, 0.6) is 0 Å². The van der Waals surface area contributed by atoms with Crippen LogP contribution < -0.4 is 4.90 Å². The van der Waals surface area contributed by atoms with E-state index in [4.69, 9.17) is 4.99 Å². The van der Waals surface area contributed by atoms with E-state index in [2.05, 4.69) is 52.3 Å². The van der Waals surface area contributed by atoms with Crippen molar-refractivity contribution < 1.29 is 9.59 Å². The maximum absolute atomic E-state index is 14.8. The Hall–Kier alpha value is -4.35. The zero-order chi connectivity index (χ0) is 27.0. The highest BCUT2D eigenvalue weighted by atomic mass is 79.9. The first kappa shape index (κ1) is 23.5. The lowest BCUT2D eigenvalue weighted by Gasteiger charge is -2.48. The monoisotopic (exact) mass is 582 g/mol. The molecule has 0 N–H and O–H groups in total. The number of benzene rings is 5. The summed E-state index contributed by atoms with van der Waals surface area (Å²) >= 11 is 3.55. The Bertz CT molecular complexity index is 1890. The van der Waals surface area contributed by atoms with Crippen molar-refractivity contribution in [1.29, 1.82) is 0 Å². The number of imide groups is 1. The lowest BCUT2D eigenvalue weighted by molar-refractivity contribution is -0.122. The van der Waals surface area contributed by atoms with E-state index in [1.54, 1.807) is 0 Å². The molecule has 0 radical (unpaired) electrons. The van der Waals surface area contributed by atoms with Gasteiger partial charge >= 0.3 is 0 Å². The van der Waals surface area contributed by atoms with Gasteiger partial charge in [0.05, 0.1) is 28.6 Å². The minimum atomic E-state index is -0.912. The van der Waals surface area contributed by atoms with Gasteiger partial charge in [-0.2, -0.15) is 0 Å². The largest absolute Gasteiger partial charge is 0.274 e. The Morgan fingerprint density at radius 2 is 1.52 bits per heavy atom. The molecule has 6 aliphatic rings. The average Bonchev–Trinajstić information content (AvgIpc) is 3.23. The molecule has 0 saturated carbocycles. The van der Waals surface area contributed by atoms with Gasteiger partial charge in [-0.15, -0.1) is 0 Å². The third-order valence-electron chi connectivity index (χ3n) is 8.92. The van der Waals surface area contributed by atoms with E-state index in [1.165, 1.54) is 4.90 Å². The zero-order valence-electron chi connectivity index (χ0n) is 21.4. The zero-order valence-corrected chi connectivity index (χ0v) is 23.0. The molecule has 0 unspecified atom stereocenters. The lowest BCUT2D eigenvalue weighted by atomic mass is 9.52. The van der Waals surface area contributed by atoms with Gasteiger partial charge < -0.3 is 0 Å². The van der Waals surface area contributed by atoms with Gasteiger partial charge in [0, 0.05) is 22.0 Å². The number of rotatable bonds is 3. The molecule has 1 saturated heterocycles. The van der Waals surface area contributed by atoms with Crippen molar-refractivity contribution in [3.8, 4) is 0 Å². The third-order valence-corrected chi connectivity index (χ3v) is 9.42. The van der Waals surface area contributed by atoms with Gasteiger partial charge in [-0.1, -0.05) is 107 Å². The van der Waals surface area contributed by atoms with Gasteiger partial charge in [0.1, 0.15) is 0 Å². The molecule has 4 nitrogen and oxygen atoms in total.